The van der Waals surface area contributed by atoms with E-state index in [1.807, 2.05) is 6.07 Å². The summed E-state index contributed by atoms with van der Waals surface area (Å²) in [6.07, 6.45) is 5.24. The van der Waals surface area contributed by atoms with Crippen molar-refractivity contribution in [3.8, 4) is 0 Å². The Bertz CT molecular complexity index is 205. The van der Waals surface area contributed by atoms with Gasteiger partial charge in [-0.3, -0.25) is 0 Å². The van der Waals surface area contributed by atoms with E-state index in [2.05, 4.69) is 18.2 Å². The molecule has 0 saturated heterocycles. The van der Waals surface area contributed by atoms with Crippen LogP contribution in [0.2, 0.25) is 0 Å². The van der Waals surface area contributed by atoms with Crippen LogP contribution in [0.15, 0.2) is 18.2 Å². The molecule has 11 heavy (non-hydrogen) atoms. The summed E-state index contributed by atoms with van der Waals surface area (Å²) in [4.78, 5) is 0. The van der Waals surface area contributed by atoms with Gasteiger partial charge in [0, 0.05) is 32.7 Å². The average Bonchev–Trinajstić information content (AvgIpc) is 2.05. The third-order valence-electron chi connectivity index (χ3n) is 2.16. The molecule has 0 aliphatic heterocycles. The van der Waals surface area contributed by atoms with E-state index in [-0.39, 0.29) is 32.7 Å². The van der Waals surface area contributed by atoms with Crippen LogP contribution < -0.4 is 0 Å². The number of aryl methyl sites for hydroxylation is 2. The number of rotatable bonds is 0. The summed E-state index contributed by atoms with van der Waals surface area (Å²) in [5.41, 5.74) is 2.97. The topological polar surface area (TPSA) is 0 Å². The van der Waals surface area contributed by atoms with Gasteiger partial charge in [-0.05, 0) is 0 Å². The maximum Gasteiger partial charge on any atom is 0 e. The van der Waals surface area contributed by atoms with Crippen molar-refractivity contribution in [2.24, 2.45) is 0 Å². The molecule has 0 amide bonds. The zero-order chi connectivity index (χ0) is 6.81. The van der Waals surface area contributed by atoms with Crippen molar-refractivity contribution in [1.29, 1.82) is 0 Å². The van der Waals surface area contributed by atoms with Gasteiger partial charge in [0.1, 0.15) is 0 Å². The summed E-state index contributed by atoms with van der Waals surface area (Å²) >= 11 is 0. The average molecular weight is 220 g/mol. The van der Waals surface area contributed by atoms with Crippen LogP contribution in [-0.4, -0.2) is 0 Å². The monoisotopic (exact) mass is 220 g/mol. The molecule has 0 N–H and O–H groups in total. The molecule has 0 heterocycles. The van der Waals surface area contributed by atoms with E-state index in [0.29, 0.717) is 0 Å². The molecule has 1 aliphatic carbocycles. The molecule has 1 heteroatoms. The summed E-state index contributed by atoms with van der Waals surface area (Å²) in [5.74, 6) is 0. The molecule has 0 nitrogen and oxygen atoms in total. The van der Waals surface area contributed by atoms with Crippen molar-refractivity contribution in [1.82, 2.24) is 0 Å². The molecular formula is C10H11Y-. The molecule has 1 radical (unpaired) electrons. The zero-order valence-corrected chi connectivity index (χ0v) is 9.48. The van der Waals surface area contributed by atoms with Crippen LogP contribution in [0.3, 0.4) is 0 Å². The first-order chi connectivity index (χ1) is 4.97. The second-order valence-electron chi connectivity index (χ2n) is 2.88. The van der Waals surface area contributed by atoms with Gasteiger partial charge in [-0.1, -0.05) is 25.7 Å². The second-order valence-corrected chi connectivity index (χ2v) is 2.88. The molecule has 0 unspecified atom stereocenters. The molecule has 1 aromatic rings. The van der Waals surface area contributed by atoms with Gasteiger partial charge in [0.25, 0.3) is 0 Å². The molecular weight excluding hydrogens is 209 g/mol. The van der Waals surface area contributed by atoms with Crippen LogP contribution in [0.4, 0.5) is 0 Å². The maximum atomic E-state index is 3.29. The normalized spacial score (nSPS) is 14.9. The number of benzene rings is 1. The van der Waals surface area contributed by atoms with Crippen LogP contribution in [0.5, 0.6) is 0 Å². The summed E-state index contributed by atoms with van der Waals surface area (Å²) in [7, 11) is 0. The number of hydrogen-bond donors (Lipinski definition) is 0. The standard InChI is InChI=1S/C10H11.Y/c1-2-6-10-8-4-3-7-9(10)5-1;/h1-2,5H,3-4,7-8H2;/q-1;. The number of fused-ring (bicyclic) bond motifs is 1. The van der Waals surface area contributed by atoms with Gasteiger partial charge in [0.2, 0.25) is 0 Å². The van der Waals surface area contributed by atoms with E-state index in [1.54, 1.807) is 0 Å². The Morgan fingerprint density at radius 3 is 2.82 bits per heavy atom. The smallest absolute Gasteiger partial charge is 0 e. The van der Waals surface area contributed by atoms with Gasteiger partial charge in [-0.25, -0.2) is 0 Å². The molecule has 0 fully saturated rings. The summed E-state index contributed by atoms with van der Waals surface area (Å²) in [6, 6.07) is 9.62. The van der Waals surface area contributed by atoms with Crippen molar-refractivity contribution in [3.63, 3.8) is 0 Å². The predicted octanol–water partition coefficient (Wildman–Crippen LogP) is 2.36. The van der Waals surface area contributed by atoms with Crippen molar-refractivity contribution in [2.45, 2.75) is 25.7 Å². The molecule has 1 aromatic carbocycles. The molecule has 2 rings (SSSR count). The van der Waals surface area contributed by atoms with Gasteiger partial charge in [0.05, 0.1) is 0 Å². The van der Waals surface area contributed by atoms with E-state index in [9.17, 15) is 0 Å². The molecule has 1 aliphatic rings. The largest absolute Gasteiger partial charge is 0.180 e. The van der Waals surface area contributed by atoms with Gasteiger partial charge >= 0.3 is 0 Å². The first-order valence-electron chi connectivity index (χ1n) is 3.95. The molecule has 0 aromatic heterocycles. The summed E-state index contributed by atoms with van der Waals surface area (Å²) < 4.78 is 0. The van der Waals surface area contributed by atoms with Gasteiger partial charge in [0.15, 0.2) is 0 Å². The molecule has 0 bridgehead atoms. The molecule has 55 valence electrons. The Labute approximate surface area is 93.3 Å². The fraction of sp³-hybridized carbons (Fsp3) is 0.400. The first-order valence-corrected chi connectivity index (χ1v) is 3.95. The fourth-order valence-corrected chi connectivity index (χ4v) is 1.59. The SMILES string of the molecule is [Y].[c-]1cccc2c1CCCC2. The van der Waals surface area contributed by atoms with Crippen molar-refractivity contribution in [2.75, 3.05) is 0 Å². The molecule has 0 spiro atoms. The summed E-state index contributed by atoms with van der Waals surface area (Å²) in [5, 5.41) is 0. The number of hydrogen-bond acceptors (Lipinski definition) is 0. The van der Waals surface area contributed by atoms with Crippen LogP contribution in [0.25, 0.3) is 0 Å². The molecule has 0 saturated carbocycles. The quantitative estimate of drug-likeness (QED) is 0.589. The zero-order valence-electron chi connectivity index (χ0n) is 6.64. The third kappa shape index (κ3) is 2.13. The van der Waals surface area contributed by atoms with Crippen LogP contribution in [0, 0.1) is 6.07 Å². The fourth-order valence-electron chi connectivity index (χ4n) is 1.59. The van der Waals surface area contributed by atoms with Crippen LogP contribution in [0.1, 0.15) is 24.0 Å². The summed E-state index contributed by atoms with van der Waals surface area (Å²) in [6.45, 7) is 0. The van der Waals surface area contributed by atoms with E-state index in [1.165, 1.54) is 36.8 Å². The Hall–Kier alpha value is 0.324. The minimum Gasteiger partial charge on any atom is -0.180 e. The third-order valence-corrected chi connectivity index (χ3v) is 2.16. The Morgan fingerprint density at radius 1 is 1.18 bits per heavy atom. The maximum absolute atomic E-state index is 3.29. The van der Waals surface area contributed by atoms with Crippen molar-refractivity contribution in [3.05, 3.63) is 35.4 Å². The van der Waals surface area contributed by atoms with Crippen LogP contribution >= 0.6 is 0 Å². The van der Waals surface area contributed by atoms with E-state index < -0.39 is 0 Å². The Kier molecular flexibility index (Phi) is 3.74. The van der Waals surface area contributed by atoms with E-state index in [4.69, 9.17) is 0 Å². The van der Waals surface area contributed by atoms with Crippen molar-refractivity contribution >= 4 is 0 Å². The Balaban J connectivity index is 0.000000605. The van der Waals surface area contributed by atoms with Crippen LogP contribution in [-0.2, 0) is 45.6 Å². The minimum atomic E-state index is 0. The van der Waals surface area contributed by atoms with Gasteiger partial charge < -0.3 is 0 Å². The first kappa shape index (κ1) is 9.41. The van der Waals surface area contributed by atoms with Crippen molar-refractivity contribution < 1.29 is 32.7 Å². The minimum absolute atomic E-state index is 0. The van der Waals surface area contributed by atoms with Gasteiger partial charge in [-0.15, -0.1) is 0 Å². The van der Waals surface area contributed by atoms with E-state index in [0.717, 1.165) is 0 Å². The predicted molar refractivity (Wildman–Crippen MR) is 41.9 cm³/mol. The second kappa shape index (κ2) is 4.37. The van der Waals surface area contributed by atoms with Gasteiger partial charge in [-0.2, -0.15) is 35.4 Å². The Morgan fingerprint density at radius 2 is 2.00 bits per heavy atom. The molecule has 0 atom stereocenters. The van der Waals surface area contributed by atoms with E-state index >= 15 is 0 Å².